The van der Waals surface area contributed by atoms with Crippen molar-refractivity contribution in [1.82, 2.24) is 20.0 Å². The maximum absolute atomic E-state index is 4.44. The predicted molar refractivity (Wildman–Crippen MR) is 81.7 cm³/mol. The van der Waals surface area contributed by atoms with Crippen molar-refractivity contribution in [3.8, 4) is 0 Å². The van der Waals surface area contributed by atoms with Crippen LogP contribution in [0.3, 0.4) is 0 Å². The molecule has 2 aliphatic heterocycles. The van der Waals surface area contributed by atoms with Crippen molar-refractivity contribution in [3.63, 3.8) is 0 Å². The Morgan fingerprint density at radius 3 is 2.60 bits per heavy atom. The molecule has 3 rings (SSSR count). The van der Waals surface area contributed by atoms with Crippen molar-refractivity contribution in [2.24, 2.45) is 0 Å². The average Bonchev–Trinajstić information content (AvgIpc) is 3.06. The van der Waals surface area contributed by atoms with Gasteiger partial charge in [0.25, 0.3) is 0 Å². The standard InChI is InChI=1S/C16H28N4/c1-4-19-11-13(10-17-19)12(3)20(5-2)16-8-14-6-7-15(9-16)18-14/h10-12,14-16,18H,4-9H2,1-3H3. The topological polar surface area (TPSA) is 33.1 Å². The first-order chi connectivity index (χ1) is 9.71. The third-order valence-electron chi connectivity index (χ3n) is 5.24. The molecule has 3 heterocycles. The maximum atomic E-state index is 4.44. The molecule has 0 amide bonds. The number of aromatic nitrogens is 2. The lowest BCUT2D eigenvalue weighted by atomic mass is 9.96. The van der Waals surface area contributed by atoms with Gasteiger partial charge < -0.3 is 5.32 Å². The van der Waals surface area contributed by atoms with Gasteiger partial charge in [-0.25, -0.2) is 0 Å². The van der Waals surface area contributed by atoms with Gasteiger partial charge in [0.2, 0.25) is 0 Å². The number of nitrogens with one attached hydrogen (secondary N) is 1. The highest BCUT2D eigenvalue weighted by atomic mass is 15.3. The van der Waals surface area contributed by atoms with E-state index in [0.29, 0.717) is 6.04 Å². The average molecular weight is 276 g/mol. The van der Waals surface area contributed by atoms with Gasteiger partial charge >= 0.3 is 0 Å². The second kappa shape index (κ2) is 5.86. The summed E-state index contributed by atoms with van der Waals surface area (Å²) in [5, 5.41) is 8.19. The van der Waals surface area contributed by atoms with Gasteiger partial charge in [-0.3, -0.25) is 9.58 Å². The Morgan fingerprint density at radius 1 is 1.35 bits per heavy atom. The summed E-state index contributed by atoms with van der Waals surface area (Å²) in [6.45, 7) is 8.86. The highest BCUT2D eigenvalue weighted by Gasteiger charge is 2.37. The Morgan fingerprint density at radius 2 is 2.05 bits per heavy atom. The van der Waals surface area contributed by atoms with Crippen LogP contribution in [0.25, 0.3) is 0 Å². The van der Waals surface area contributed by atoms with E-state index in [9.17, 15) is 0 Å². The molecule has 0 radical (unpaired) electrons. The summed E-state index contributed by atoms with van der Waals surface area (Å²) in [4.78, 5) is 2.68. The van der Waals surface area contributed by atoms with E-state index in [1.165, 1.54) is 31.2 Å². The molecular formula is C16H28N4. The Balaban J connectivity index is 1.72. The van der Waals surface area contributed by atoms with Crippen molar-refractivity contribution in [3.05, 3.63) is 18.0 Å². The van der Waals surface area contributed by atoms with Crippen LogP contribution in [0, 0.1) is 0 Å². The number of rotatable bonds is 5. The molecule has 1 aromatic rings. The third-order valence-corrected chi connectivity index (χ3v) is 5.24. The lowest BCUT2D eigenvalue weighted by Crippen LogP contribution is -2.48. The van der Waals surface area contributed by atoms with Crippen LogP contribution in [-0.4, -0.2) is 39.4 Å². The van der Waals surface area contributed by atoms with E-state index < -0.39 is 0 Å². The summed E-state index contributed by atoms with van der Waals surface area (Å²) < 4.78 is 2.03. The Labute approximate surface area is 122 Å². The largest absolute Gasteiger partial charge is 0.311 e. The first-order valence-corrected chi connectivity index (χ1v) is 8.25. The summed E-state index contributed by atoms with van der Waals surface area (Å²) in [5.41, 5.74) is 1.36. The second-order valence-corrected chi connectivity index (χ2v) is 6.40. The molecule has 2 fully saturated rings. The molecule has 1 N–H and O–H groups in total. The molecule has 4 nitrogen and oxygen atoms in total. The molecule has 2 aliphatic rings. The van der Waals surface area contributed by atoms with E-state index in [2.05, 4.69) is 42.3 Å². The van der Waals surface area contributed by atoms with Crippen LogP contribution < -0.4 is 5.32 Å². The fraction of sp³-hybridized carbons (Fsp3) is 0.812. The molecule has 0 saturated carbocycles. The monoisotopic (exact) mass is 276 g/mol. The van der Waals surface area contributed by atoms with Crippen molar-refractivity contribution in [2.45, 2.75) is 77.2 Å². The van der Waals surface area contributed by atoms with E-state index in [0.717, 1.165) is 31.2 Å². The summed E-state index contributed by atoms with van der Waals surface area (Å²) in [6, 6.07) is 2.73. The maximum Gasteiger partial charge on any atom is 0.0537 e. The molecule has 0 spiro atoms. The number of piperidine rings is 1. The smallest absolute Gasteiger partial charge is 0.0537 e. The van der Waals surface area contributed by atoms with E-state index in [1.54, 1.807) is 0 Å². The lowest BCUT2D eigenvalue weighted by Gasteiger charge is -2.40. The summed E-state index contributed by atoms with van der Waals surface area (Å²) in [5.74, 6) is 0. The molecule has 2 bridgehead atoms. The summed E-state index contributed by atoms with van der Waals surface area (Å²) in [6.07, 6.45) is 9.64. The minimum atomic E-state index is 0.475. The normalized spacial score (nSPS) is 30.9. The number of nitrogens with zero attached hydrogens (tertiary/aromatic N) is 3. The molecule has 0 aliphatic carbocycles. The molecule has 2 saturated heterocycles. The first kappa shape index (κ1) is 14.1. The van der Waals surface area contributed by atoms with Crippen LogP contribution in [0.15, 0.2) is 12.4 Å². The third kappa shape index (κ3) is 2.63. The molecule has 3 unspecified atom stereocenters. The zero-order chi connectivity index (χ0) is 14.1. The van der Waals surface area contributed by atoms with Crippen LogP contribution in [0.5, 0.6) is 0 Å². The molecule has 20 heavy (non-hydrogen) atoms. The van der Waals surface area contributed by atoms with Crippen molar-refractivity contribution >= 4 is 0 Å². The number of aryl methyl sites for hydroxylation is 1. The van der Waals surface area contributed by atoms with Crippen molar-refractivity contribution in [1.29, 1.82) is 0 Å². The Hall–Kier alpha value is -0.870. The molecule has 4 heteroatoms. The van der Waals surface area contributed by atoms with Gasteiger partial charge in [-0.15, -0.1) is 0 Å². The quantitative estimate of drug-likeness (QED) is 0.897. The van der Waals surface area contributed by atoms with Gasteiger partial charge in [-0.2, -0.15) is 5.10 Å². The van der Waals surface area contributed by atoms with Gasteiger partial charge in [-0.1, -0.05) is 6.92 Å². The highest BCUT2D eigenvalue weighted by Crippen LogP contribution is 2.33. The van der Waals surface area contributed by atoms with E-state index >= 15 is 0 Å². The predicted octanol–water partition coefficient (Wildman–Crippen LogP) is 2.57. The molecule has 0 aromatic carbocycles. The lowest BCUT2D eigenvalue weighted by molar-refractivity contribution is 0.107. The zero-order valence-corrected chi connectivity index (χ0v) is 13.0. The fourth-order valence-electron chi connectivity index (χ4n) is 4.11. The molecule has 1 aromatic heterocycles. The van der Waals surface area contributed by atoms with Crippen LogP contribution in [0.4, 0.5) is 0 Å². The minimum Gasteiger partial charge on any atom is -0.311 e. The fourth-order valence-corrected chi connectivity index (χ4v) is 4.11. The molecular weight excluding hydrogens is 248 g/mol. The van der Waals surface area contributed by atoms with Gasteiger partial charge in [0.1, 0.15) is 0 Å². The van der Waals surface area contributed by atoms with Crippen molar-refractivity contribution < 1.29 is 0 Å². The SMILES string of the molecule is CCN(C1CC2CCC(C1)N2)C(C)c1cnn(CC)c1. The molecule has 112 valence electrons. The van der Waals surface area contributed by atoms with Gasteiger partial charge in [0, 0.05) is 42.5 Å². The van der Waals surface area contributed by atoms with E-state index in [4.69, 9.17) is 0 Å². The Kier molecular flexibility index (Phi) is 4.13. The van der Waals surface area contributed by atoms with Crippen LogP contribution in [0.1, 0.15) is 58.1 Å². The Bertz CT molecular complexity index is 429. The highest BCUT2D eigenvalue weighted by molar-refractivity contribution is 5.11. The second-order valence-electron chi connectivity index (χ2n) is 6.40. The number of hydrogen-bond acceptors (Lipinski definition) is 3. The van der Waals surface area contributed by atoms with Crippen LogP contribution in [0.2, 0.25) is 0 Å². The number of fused-ring (bicyclic) bond motifs is 2. The van der Waals surface area contributed by atoms with E-state index in [-0.39, 0.29) is 0 Å². The van der Waals surface area contributed by atoms with E-state index in [1.807, 2.05) is 10.9 Å². The van der Waals surface area contributed by atoms with Crippen LogP contribution in [-0.2, 0) is 6.54 Å². The van der Waals surface area contributed by atoms with Gasteiger partial charge in [-0.05, 0) is 46.1 Å². The van der Waals surface area contributed by atoms with Gasteiger partial charge in [0.15, 0.2) is 0 Å². The van der Waals surface area contributed by atoms with Gasteiger partial charge in [0.05, 0.1) is 6.20 Å². The zero-order valence-electron chi connectivity index (χ0n) is 13.0. The van der Waals surface area contributed by atoms with Crippen molar-refractivity contribution in [2.75, 3.05) is 6.54 Å². The summed E-state index contributed by atoms with van der Waals surface area (Å²) in [7, 11) is 0. The minimum absolute atomic E-state index is 0.475. The number of hydrogen-bond donors (Lipinski definition) is 1. The first-order valence-electron chi connectivity index (χ1n) is 8.25. The van der Waals surface area contributed by atoms with Crippen LogP contribution >= 0.6 is 0 Å². The summed E-state index contributed by atoms with van der Waals surface area (Å²) >= 11 is 0. The molecule has 3 atom stereocenters.